The first-order valence-corrected chi connectivity index (χ1v) is 8.15. The number of hydrogen-bond donors (Lipinski definition) is 0. The first-order chi connectivity index (χ1) is 10.5. The fraction of sp³-hybridized carbons (Fsp3) is 0.118. The van der Waals surface area contributed by atoms with Gasteiger partial charge in [0, 0.05) is 0 Å². The lowest BCUT2D eigenvalue weighted by Gasteiger charge is -2.19. The molecular weight excluding hydrogens is 296 g/mol. The summed E-state index contributed by atoms with van der Waals surface area (Å²) in [5, 5.41) is 9.39. The third kappa shape index (κ3) is 3.02. The van der Waals surface area contributed by atoms with Crippen LogP contribution in [0.15, 0.2) is 66.1 Å². The van der Waals surface area contributed by atoms with Gasteiger partial charge in [-0.05, 0) is 37.1 Å². The number of anilines is 1. The molecule has 2 aromatic carbocycles. The van der Waals surface area contributed by atoms with Gasteiger partial charge in [-0.1, -0.05) is 42.0 Å². The second-order valence-corrected chi connectivity index (χ2v) is 6.59. The third-order valence-electron chi connectivity index (χ3n) is 3.22. The van der Waals surface area contributed by atoms with Gasteiger partial charge in [-0.25, -0.2) is 0 Å². The van der Waals surface area contributed by atoms with Crippen LogP contribution in [0, 0.1) is 18.4 Å². The van der Waals surface area contributed by atoms with E-state index in [1.807, 2.05) is 6.92 Å². The third-order valence-corrected chi connectivity index (χ3v) is 4.85. The van der Waals surface area contributed by atoms with Crippen LogP contribution in [0.2, 0.25) is 0 Å². The Balaban J connectivity index is 2.55. The van der Waals surface area contributed by atoms with Gasteiger partial charge in [0.05, 0.1) is 10.6 Å². The predicted molar refractivity (Wildman–Crippen MR) is 86.8 cm³/mol. The van der Waals surface area contributed by atoms with Crippen molar-refractivity contribution < 1.29 is 8.42 Å². The lowest BCUT2D eigenvalue weighted by atomic mass is 10.1. The van der Waals surface area contributed by atoms with E-state index in [9.17, 15) is 13.7 Å². The van der Waals surface area contributed by atoms with Crippen molar-refractivity contribution in [3.05, 3.63) is 72.3 Å². The molecule has 0 heterocycles. The van der Waals surface area contributed by atoms with Gasteiger partial charge >= 0.3 is 0 Å². The molecular formula is C17H16N2O2S. The molecule has 112 valence electrons. The monoisotopic (exact) mass is 312 g/mol. The van der Waals surface area contributed by atoms with Crippen LogP contribution in [0.3, 0.4) is 0 Å². The van der Waals surface area contributed by atoms with Gasteiger partial charge in [-0.2, -0.15) is 18.0 Å². The summed E-state index contributed by atoms with van der Waals surface area (Å²) in [5.41, 5.74) is 2.04. The highest BCUT2D eigenvalue weighted by Crippen LogP contribution is 2.27. The van der Waals surface area contributed by atoms with Crippen molar-refractivity contribution in [3.63, 3.8) is 0 Å². The van der Waals surface area contributed by atoms with Gasteiger partial charge < -0.3 is 0 Å². The van der Waals surface area contributed by atoms with Gasteiger partial charge in [0.15, 0.2) is 6.19 Å². The molecule has 5 heteroatoms. The van der Waals surface area contributed by atoms with Gasteiger partial charge in [-0.15, -0.1) is 6.58 Å². The molecule has 0 radical (unpaired) electrons. The van der Waals surface area contributed by atoms with E-state index in [1.54, 1.807) is 48.7 Å². The number of aryl methyl sites for hydroxylation is 1. The summed E-state index contributed by atoms with van der Waals surface area (Å²) in [6.45, 7) is 5.53. The maximum absolute atomic E-state index is 12.7. The highest BCUT2D eigenvalue weighted by molar-refractivity contribution is 7.93. The summed E-state index contributed by atoms with van der Waals surface area (Å²) in [5.74, 6) is 0. The quantitative estimate of drug-likeness (QED) is 0.483. The number of hydrogen-bond acceptors (Lipinski definition) is 3. The van der Waals surface area contributed by atoms with Gasteiger partial charge in [0.1, 0.15) is 0 Å². The Morgan fingerprint density at radius 1 is 1.18 bits per heavy atom. The summed E-state index contributed by atoms with van der Waals surface area (Å²) in [7, 11) is -3.92. The van der Waals surface area contributed by atoms with Crippen LogP contribution in [0.5, 0.6) is 0 Å². The van der Waals surface area contributed by atoms with Crippen molar-refractivity contribution in [2.75, 3.05) is 4.31 Å². The van der Waals surface area contributed by atoms with Gasteiger partial charge in [0.25, 0.3) is 10.0 Å². The molecule has 0 bridgehead atoms. The number of sulfonamides is 1. The minimum Gasteiger partial charge on any atom is -0.200 e. The largest absolute Gasteiger partial charge is 0.276 e. The second-order valence-electron chi connectivity index (χ2n) is 4.80. The van der Waals surface area contributed by atoms with Crippen LogP contribution in [0.4, 0.5) is 5.69 Å². The molecule has 0 aliphatic heterocycles. The average Bonchev–Trinajstić information content (AvgIpc) is 2.50. The Labute approximate surface area is 131 Å². The maximum Gasteiger partial charge on any atom is 0.276 e. The number of rotatable bonds is 5. The minimum atomic E-state index is -3.92. The van der Waals surface area contributed by atoms with E-state index in [0.29, 0.717) is 12.1 Å². The van der Waals surface area contributed by atoms with E-state index in [-0.39, 0.29) is 4.90 Å². The summed E-state index contributed by atoms with van der Waals surface area (Å²) >= 11 is 0. The zero-order chi connectivity index (χ0) is 16.2. The van der Waals surface area contributed by atoms with Crippen molar-refractivity contribution in [2.45, 2.75) is 18.2 Å². The zero-order valence-corrected chi connectivity index (χ0v) is 13.0. The maximum atomic E-state index is 12.7. The Morgan fingerprint density at radius 3 is 2.41 bits per heavy atom. The zero-order valence-electron chi connectivity index (χ0n) is 12.2. The number of nitrogens with zero attached hydrogens (tertiary/aromatic N) is 2. The smallest absolute Gasteiger partial charge is 0.200 e. The van der Waals surface area contributed by atoms with Crippen molar-refractivity contribution in [1.29, 1.82) is 5.26 Å². The molecule has 0 atom stereocenters. The summed E-state index contributed by atoms with van der Waals surface area (Å²) in [4.78, 5) is 0.0908. The van der Waals surface area contributed by atoms with Crippen LogP contribution in [0.1, 0.15) is 11.1 Å². The van der Waals surface area contributed by atoms with E-state index in [0.717, 1.165) is 15.4 Å². The van der Waals surface area contributed by atoms with E-state index in [1.165, 1.54) is 12.1 Å². The van der Waals surface area contributed by atoms with Crippen LogP contribution in [-0.4, -0.2) is 8.42 Å². The summed E-state index contributed by atoms with van der Waals surface area (Å²) in [6, 6.07) is 13.3. The highest BCUT2D eigenvalue weighted by atomic mass is 32.2. The molecule has 0 spiro atoms. The van der Waals surface area contributed by atoms with Crippen LogP contribution in [0.25, 0.3) is 0 Å². The molecule has 4 nitrogen and oxygen atoms in total. The number of allylic oxidation sites excluding steroid dienone is 1. The first kappa shape index (κ1) is 15.8. The average molecular weight is 312 g/mol. The Hall–Kier alpha value is -2.58. The molecule has 0 aromatic heterocycles. The molecule has 0 N–H and O–H groups in total. The SMILES string of the molecule is C=CCc1ccccc1N(C#N)S(=O)(=O)c1ccc(C)cc1. The molecule has 0 aliphatic carbocycles. The Kier molecular flexibility index (Phi) is 4.64. The van der Waals surface area contributed by atoms with Crippen LogP contribution >= 0.6 is 0 Å². The Morgan fingerprint density at radius 2 is 1.82 bits per heavy atom. The molecule has 0 amide bonds. The van der Waals surface area contributed by atoms with Crippen molar-refractivity contribution in [2.24, 2.45) is 0 Å². The highest BCUT2D eigenvalue weighted by Gasteiger charge is 2.26. The number of para-hydroxylation sites is 1. The standard InChI is InChI=1S/C17H16N2O2S/c1-3-6-15-7-4-5-8-17(15)19(13-18)22(20,21)16-11-9-14(2)10-12-16/h3-5,7-12H,1,6H2,2H3. The normalized spacial score (nSPS) is 10.7. The molecule has 0 saturated heterocycles. The lowest BCUT2D eigenvalue weighted by Crippen LogP contribution is -2.27. The summed E-state index contributed by atoms with van der Waals surface area (Å²) in [6.07, 6.45) is 3.94. The fourth-order valence-electron chi connectivity index (χ4n) is 2.09. The molecule has 2 aromatic rings. The van der Waals surface area contributed by atoms with E-state index in [2.05, 4.69) is 6.58 Å². The topological polar surface area (TPSA) is 61.2 Å². The molecule has 22 heavy (non-hydrogen) atoms. The van der Waals surface area contributed by atoms with Crippen molar-refractivity contribution >= 4 is 15.7 Å². The molecule has 0 fully saturated rings. The van der Waals surface area contributed by atoms with Gasteiger partial charge in [-0.3, -0.25) is 0 Å². The number of nitriles is 1. The van der Waals surface area contributed by atoms with E-state index < -0.39 is 10.0 Å². The molecule has 0 aliphatic rings. The second kappa shape index (κ2) is 6.46. The summed E-state index contributed by atoms with van der Waals surface area (Å²) < 4.78 is 26.2. The fourth-order valence-corrected chi connectivity index (χ4v) is 3.33. The number of benzene rings is 2. The minimum absolute atomic E-state index is 0.0908. The van der Waals surface area contributed by atoms with Crippen molar-refractivity contribution in [3.8, 4) is 6.19 Å². The van der Waals surface area contributed by atoms with Crippen LogP contribution in [-0.2, 0) is 16.4 Å². The first-order valence-electron chi connectivity index (χ1n) is 6.71. The van der Waals surface area contributed by atoms with E-state index in [4.69, 9.17) is 0 Å². The molecule has 2 rings (SSSR count). The molecule has 0 saturated carbocycles. The lowest BCUT2D eigenvalue weighted by molar-refractivity contribution is 0.596. The van der Waals surface area contributed by atoms with Crippen LogP contribution < -0.4 is 4.31 Å². The van der Waals surface area contributed by atoms with Gasteiger partial charge in [0.2, 0.25) is 0 Å². The van der Waals surface area contributed by atoms with E-state index >= 15 is 0 Å². The van der Waals surface area contributed by atoms with Crippen molar-refractivity contribution in [1.82, 2.24) is 0 Å². The Bertz CT molecular complexity index is 818. The predicted octanol–water partition coefficient (Wildman–Crippen LogP) is 3.40. The molecule has 0 unspecified atom stereocenters.